The fourth-order valence-electron chi connectivity index (χ4n) is 6.62. The Morgan fingerprint density at radius 1 is 0.972 bits per heavy atom. The average Bonchev–Trinajstić information content (AvgIpc) is 3.42. The van der Waals surface area contributed by atoms with E-state index in [1.54, 1.807) is 18.9 Å². The van der Waals surface area contributed by atoms with Gasteiger partial charge in [0.05, 0.1) is 23.6 Å². The van der Waals surface area contributed by atoms with Gasteiger partial charge < -0.3 is 30.9 Å². The lowest BCUT2D eigenvalue weighted by Gasteiger charge is -2.45. The molecule has 10 nitrogen and oxygen atoms in total. The van der Waals surface area contributed by atoms with Crippen molar-refractivity contribution >= 4 is 35.2 Å². The van der Waals surface area contributed by atoms with Crippen molar-refractivity contribution < 1.29 is 14.3 Å². The number of likely N-dealkylation sites (tertiary alicyclic amines) is 1. The highest BCUT2D eigenvalue weighted by Crippen LogP contribution is 2.38. The molecule has 5 aliphatic heterocycles. The predicted octanol–water partition coefficient (Wildman–Crippen LogP) is -0.944. The first-order valence-electron chi connectivity index (χ1n) is 13.4. The standard InChI is InChI=1S/C24H42ClN7O3S/c1-12-4-14(15-5-21(25)29-9-19(15)35-3)16(7-26-12)22(33)31-24-30-18-10-32(11-20(18)36-24)23(34)17-8-27-13(2)6-28-17/h12-21,24,26-30H,4-11H2,1-3H3,(H,31,33). The fourth-order valence-corrected chi connectivity index (χ4v) is 8.33. The molecule has 36 heavy (non-hydrogen) atoms. The first-order valence-corrected chi connectivity index (χ1v) is 14.8. The summed E-state index contributed by atoms with van der Waals surface area (Å²) in [4.78, 5) is 28.5. The van der Waals surface area contributed by atoms with Crippen molar-refractivity contribution in [2.45, 2.75) is 73.2 Å². The van der Waals surface area contributed by atoms with Crippen LogP contribution in [-0.4, -0.2) is 110 Å². The van der Waals surface area contributed by atoms with Crippen LogP contribution < -0.4 is 31.9 Å². The summed E-state index contributed by atoms with van der Waals surface area (Å²) in [6.07, 6.45) is 1.79. The molecule has 0 aromatic rings. The second kappa shape index (κ2) is 11.6. The zero-order valence-corrected chi connectivity index (χ0v) is 23.0. The van der Waals surface area contributed by atoms with Crippen LogP contribution in [0.25, 0.3) is 0 Å². The zero-order chi connectivity index (χ0) is 25.4. The number of piperidine rings is 2. The summed E-state index contributed by atoms with van der Waals surface area (Å²) in [6, 6.07) is 0.790. The summed E-state index contributed by atoms with van der Waals surface area (Å²) in [5.41, 5.74) is -0.220. The molecule has 0 aliphatic carbocycles. The lowest BCUT2D eigenvalue weighted by molar-refractivity contribution is -0.133. The number of methoxy groups -OCH3 is 1. The summed E-state index contributed by atoms with van der Waals surface area (Å²) >= 11 is 8.20. The van der Waals surface area contributed by atoms with Crippen molar-refractivity contribution in [2.75, 3.05) is 46.4 Å². The molecule has 5 fully saturated rings. The van der Waals surface area contributed by atoms with Gasteiger partial charge in [-0.3, -0.25) is 20.2 Å². The Morgan fingerprint density at radius 3 is 2.50 bits per heavy atom. The van der Waals surface area contributed by atoms with E-state index in [-0.39, 0.29) is 64.0 Å². The molecule has 11 atom stereocenters. The number of rotatable bonds is 5. The number of piperazine rings is 1. The lowest BCUT2D eigenvalue weighted by Crippen LogP contribution is -2.59. The van der Waals surface area contributed by atoms with E-state index in [0.29, 0.717) is 44.8 Å². The Hall–Kier alpha value is -0.660. The van der Waals surface area contributed by atoms with Crippen LogP contribution in [-0.2, 0) is 14.3 Å². The summed E-state index contributed by atoms with van der Waals surface area (Å²) in [6.45, 7) is 8.56. The van der Waals surface area contributed by atoms with Crippen LogP contribution >= 0.6 is 23.4 Å². The predicted molar refractivity (Wildman–Crippen MR) is 142 cm³/mol. The molecule has 204 valence electrons. The van der Waals surface area contributed by atoms with Gasteiger partial charge in [0.25, 0.3) is 0 Å². The van der Waals surface area contributed by atoms with E-state index in [1.165, 1.54) is 0 Å². The van der Waals surface area contributed by atoms with E-state index >= 15 is 0 Å². The van der Waals surface area contributed by atoms with Crippen LogP contribution in [0.15, 0.2) is 0 Å². The van der Waals surface area contributed by atoms with E-state index in [2.05, 4.69) is 45.7 Å². The maximum atomic E-state index is 13.5. The number of carbonyl (C=O) groups excluding carboxylic acids is 2. The second-order valence-electron chi connectivity index (χ2n) is 11.2. The van der Waals surface area contributed by atoms with Gasteiger partial charge in [-0.1, -0.05) is 0 Å². The summed E-state index contributed by atoms with van der Waals surface area (Å²) in [7, 11) is 1.75. The Labute approximate surface area is 223 Å². The van der Waals surface area contributed by atoms with E-state index < -0.39 is 0 Å². The van der Waals surface area contributed by atoms with Crippen molar-refractivity contribution in [3.05, 3.63) is 0 Å². The van der Waals surface area contributed by atoms with Crippen LogP contribution in [0.2, 0.25) is 0 Å². The monoisotopic (exact) mass is 543 g/mol. The third-order valence-corrected chi connectivity index (χ3v) is 10.4. The summed E-state index contributed by atoms with van der Waals surface area (Å²) in [5, 5.41) is 20.7. The van der Waals surface area contributed by atoms with Crippen molar-refractivity contribution in [3.8, 4) is 0 Å². The SMILES string of the molecule is COC1CNC(Cl)CC1C1CC(C)NCC1C(=O)NC1NC2CN(C(=O)C3CNC(C)CN3)CC2S1. The Bertz CT molecular complexity index is 790. The topological polar surface area (TPSA) is 119 Å². The van der Waals surface area contributed by atoms with Gasteiger partial charge in [0.15, 0.2) is 0 Å². The van der Waals surface area contributed by atoms with Gasteiger partial charge in [-0.25, -0.2) is 0 Å². The highest BCUT2D eigenvalue weighted by molar-refractivity contribution is 8.00. The number of alkyl halides is 1. The minimum absolute atomic E-state index is 0.0597. The third-order valence-electron chi connectivity index (χ3n) is 8.68. The van der Waals surface area contributed by atoms with Gasteiger partial charge in [-0.2, -0.15) is 0 Å². The largest absolute Gasteiger partial charge is 0.380 e. The molecule has 0 bridgehead atoms. The molecule has 2 amide bonds. The maximum absolute atomic E-state index is 13.5. The highest BCUT2D eigenvalue weighted by Gasteiger charge is 2.47. The van der Waals surface area contributed by atoms with Crippen molar-refractivity contribution in [2.24, 2.45) is 17.8 Å². The number of ether oxygens (including phenoxy) is 1. The number of fused-ring (bicyclic) bond motifs is 1. The Morgan fingerprint density at radius 2 is 1.78 bits per heavy atom. The number of nitrogens with one attached hydrogen (secondary N) is 6. The first kappa shape index (κ1) is 26.9. The number of halogens is 1. The number of thioether (sulfide) groups is 1. The lowest BCUT2D eigenvalue weighted by atomic mass is 9.70. The molecule has 11 unspecified atom stereocenters. The van der Waals surface area contributed by atoms with Gasteiger partial charge in [0, 0.05) is 69.8 Å². The quantitative estimate of drug-likeness (QED) is 0.193. The van der Waals surface area contributed by atoms with E-state index in [9.17, 15) is 9.59 Å². The zero-order valence-electron chi connectivity index (χ0n) is 21.5. The molecule has 5 aliphatic rings. The van der Waals surface area contributed by atoms with E-state index in [0.717, 1.165) is 19.4 Å². The highest BCUT2D eigenvalue weighted by atomic mass is 35.5. The fraction of sp³-hybridized carbons (Fsp3) is 0.917. The van der Waals surface area contributed by atoms with Crippen LogP contribution in [0.1, 0.15) is 26.7 Å². The number of hydrogen-bond donors (Lipinski definition) is 6. The molecule has 12 heteroatoms. The normalized spacial score (nSPS) is 45.3. The molecular weight excluding hydrogens is 502 g/mol. The van der Waals surface area contributed by atoms with E-state index in [1.807, 2.05) is 4.90 Å². The third kappa shape index (κ3) is 5.83. The van der Waals surface area contributed by atoms with Gasteiger partial charge in [-0.15, -0.1) is 23.4 Å². The molecule has 5 saturated heterocycles. The van der Waals surface area contributed by atoms with Gasteiger partial charge in [0.2, 0.25) is 11.8 Å². The molecule has 6 N–H and O–H groups in total. The maximum Gasteiger partial charge on any atom is 0.241 e. The average molecular weight is 544 g/mol. The molecule has 0 radical (unpaired) electrons. The van der Waals surface area contributed by atoms with Gasteiger partial charge >= 0.3 is 0 Å². The van der Waals surface area contributed by atoms with Crippen LogP contribution in [0.3, 0.4) is 0 Å². The number of hydrogen-bond acceptors (Lipinski definition) is 9. The van der Waals surface area contributed by atoms with Crippen molar-refractivity contribution in [1.82, 2.24) is 36.8 Å². The molecular formula is C24H42ClN7O3S. The molecule has 5 heterocycles. The number of nitrogens with zero attached hydrogens (tertiary/aromatic N) is 1. The molecule has 0 spiro atoms. The van der Waals surface area contributed by atoms with E-state index in [4.69, 9.17) is 16.3 Å². The minimum Gasteiger partial charge on any atom is -0.380 e. The van der Waals surface area contributed by atoms with Crippen molar-refractivity contribution in [3.63, 3.8) is 0 Å². The van der Waals surface area contributed by atoms with Crippen LogP contribution in [0.5, 0.6) is 0 Å². The Kier molecular flexibility index (Phi) is 8.68. The first-order chi connectivity index (χ1) is 17.3. The van der Waals surface area contributed by atoms with Crippen LogP contribution in [0, 0.1) is 17.8 Å². The van der Waals surface area contributed by atoms with Gasteiger partial charge in [-0.05, 0) is 38.5 Å². The van der Waals surface area contributed by atoms with Gasteiger partial charge in [0.1, 0.15) is 5.50 Å². The Balaban J connectivity index is 1.15. The molecule has 0 aromatic heterocycles. The van der Waals surface area contributed by atoms with Crippen LogP contribution in [0.4, 0.5) is 0 Å². The number of carbonyl (C=O) groups is 2. The summed E-state index contributed by atoms with van der Waals surface area (Å²) in [5.74, 6) is 0.590. The molecule has 0 aromatic carbocycles. The minimum atomic E-state index is -0.155. The summed E-state index contributed by atoms with van der Waals surface area (Å²) < 4.78 is 5.80. The molecule has 0 saturated carbocycles. The van der Waals surface area contributed by atoms with Crippen molar-refractivity contribution in [1.29, 1.82) is 0 Å². The smallest absolute Gasteiger partial charge is 0.241 e. The molecule has 5 rings (SSSR count). The second-order valence-corrected chi connectivity index (χ2v) is 13.1. The number of amides is 2.